The third-order valence-electron chi connectivity index (χ3n) is 12.1. The van der Waals surface area contributed by atoms with Crippen molar-refractivity contribution in [2.24, 2.45) is 23.7 Å². The SMILES string of the molecule is CCCCC(CCCC)C(C)=CC(=O)[O][Sn]([O]C(=O)C=C(C)C(CCCC)CCCC)([O]C(=O)C=C(C)C(CCCC)CCCC)[O]C(=O)C=C(C)C(CCCC)CCCC. The van der Waals surface area contributed by atoms with Gasteiger partial charge in [-0.15, -0.1) is 0 Å². The first-order chi connectivity index (χ1) is 29.2. The van der Waals surface area contributed by atoms with E-state index in [1.807, 2.05) is 27.7 Å². The van der Waals surface area contributed by atoms with Gasteiger partial charge in [-0.3, -0.25) is 0 Å². The van der Waals surface area contributed by atoms with Gasteiger partial charge in [-0.1, -0.05) is 0 Å². The molecule has 0 radical (unpaired) electrons. The molecule has 352 valence electrons. The topological polar surface area (TPSA) is 105 Å². The Balaban J connectivity index is 7.63. The molecule has 8 nitrogen and oxygen atoms in total. The van der Waals surface area contributed by atoms with Crippen LogP contribution < -0.4 is 0 Å². The Bertz CT molecular complexity index is 1120. The van der Waals surface area contributed by atoms with Crippen LogP contribution in [0, 0.1) is 23.7 Å². The summed E-state index contributed by atoms with van der Waals surface area (Å²) in [6, 6.07) is 0. The minimum atomic E-state index is -6.31. The molecule has 0 aromatic carbocycles. The molecule has 61 heavy (non-hydrogen) atoms. The van der Waals surface area contributed by atoms with E-state index < -0.39 is 43.9 Å². The van der Waals surface area contributed by atoms with Crippen molar-refractivity contribution in [1.29, 1.82) is 0 Å². The van der Waals surface area contributed by atoms with Crippen LogP contribution >= 0.6 is 0 Å². The summed E-state index contributed by atoms with van der Waals surface area (Å²) in [5.74, 6) is -2.78. The van der Waals surface area contributed by atoms with E-state index in [1.54, 1.807) is 0 Å². The van der Waals surface area contributed by atoms with Crippen molar-refractivity contribution < 1.29 is 31.5 Å². The fourth-order valence-corrected chi connectivity index (χ4v) is 12.2. The van der Waals surface area contributed by atoms with Crippen LogP contribution in [0.4, 0.5) is 0 Å². The second-order valence-electron chi connectivity index (χ2n) is 17.7. The van der Waals surface area contributed by atoms with Crippen LogP contribution in [0.25, 0.3) is 0 Å². The summed E-state index contributed by atoms with van der Waals surface area (Å²) in [7, 11) is 0. The zero-order chi connectivity index (χ0) is 46.1. The first-order valence-electron chi connectivity index (χ1n) is 24.8. The van der Waals surface area contributed by atoms with E-state index in [0.29, 0.717) is 0 Å². The van der Waals surface area contributed by atoms with E-state index in [-0.39, 0.29) is 23.7 Å². The molecule has 0 aromatic heterocycles. The Morgan fingerprint density at radius 1 is 0.328 bits per heavy atom. The van der Waals surface area contributed by atoms with E-state index in [0.717, 1.165) is 176 Å². The maximum absolute atomic E-state index is 14.1. The van der Waals surface area contributed by atoms with Gasteiger partial charge in [0.05, 0.1) is 0 Å². The molecule has 0 aromatic rings. The average molecular weight is 964 g/mol. The summed E-state index contributed by atoms with van der Waals surface area (Å²) in [4.78, 5) is 56.4. The van der Waals surface area contributed by atoms with Gasteiger partial charge >= 0.3 is 383 Å². The zero-order valence-electron chi connectivity index (χ0n) is 41.4. The Kier molecular flexibility index (Phi) is 34.6. The van der Waals surface area contributed by atoms with Crippen LogP contribution in [0.2, 0.25) is 0 Å². The molecule has 0 aliphatic rings. The molecule has 0 aliphatic heterocycles. The fourth-order valence-electron chi connectivity index (χ4n) is 7.95. The van der Waals surface area contributed by atoms with Crippen LogP contribution in [0.15, 0.2) is 46.6 Å². The summed E-state index contributed by atoms with van der Waals surface area (Å²) in [5, 5.41) is 0. The van der Waals surface area contributed by atoms with Gasteiger partial charge in [-0.2, -0.15) is 0 Å². The third-order valence-corrected chi connectivity index (χ3v) is 17.3. The summed E-state index contributed by atoms with van der Waals surface area (Å²) < 4.78 is 24.3. The minimum absolute atomic E-state index is 0.154. The average Bonchev–Trinajstić information content (AvgIpc) is 3.20. The molecule has 0 unspecified atom stereocenters. The molecule has 0 fully saturated rings. The maximum atomic E-state index is 14.1. The van der Waals surface area contributed by atoms with Gasteiger partial charge < -0.3 is 0 Å². The standard InChI is InChI=1S/4C13H24O2.Sn/c4*1-4-6-8-12(9-7-5-2)11(3)10-13(14)15;/h4*10,12H,4-9H2,1-3H3,(H,14,15);/q;;;;+4/p-4. The Labute approximate surface area is 381 Å². The summed E-state index contributed by atoms with van der Waals surface area (Å²) >= 11 is -6.31. The quantitative estimate of drug-likeness (QED) is 0.0452. The Morgan fingerprint density at radius 3 is 0.607 bits per heavy atom. The van der Waals surface area contributed by atoms with Crippen LogP contribution in [-0.4, -0.2) is 43.9 Å². The number of rotatable bonds is 36. The first-order valence-corrected chi connectivity index (χ1v) is 29.5. The summed E-state index contributed by atoms with van der Waals surface area (Å²) in [6.45, 7) is 24.8. The molecule has 0 amide bonds. The van der Waals surface area contributed by atoms with Gasteiger partial charge in [0, 0.05) is 0 Å². The Morgan fingerprint density at radius 2 is 0.475 bits per heavy atom. The molecule has 0 N–H and O–H groups in total. The zero-order valence-corrected chi connectivity index (χ0v) is 44.2. The molecule has 0 heterocycles. The summed E-state index contributed by atoms with van der Waals surface area (Å²) in [6.07, 6.45) is 29.3. The van der Waals surface area contributed by atoms with Crippen LogP contribution in [-0.2, 0) is 31.5 Å². The normalized spacial score (nSPS) is 13.9. The number of allylic oxidation sites excluding steroid dienone is 4. The number of carbonyl (C=O) groups excluding carboxylic acids is 4. The van der Waals surface area contributed by atoms with Gasteiger partial charge in [-0.25, -0.2) is 0 Å². The predicted molar refractivity (Wildman–Crippen MR) is 255 cm³/mol. The van der Waals surface area contributed by atoms with Crippen molar-refractivity contribution in [2.45, 2.75) is 237 Å². The van der Waals surface area contributed by atoms with Crippen LogP contribution in [0.1, 0.15) is 237 Å². The second-order valence-corrected chi connectivity index (χ2v) is 22.8. The van der Waals surface area contributed by atoms with E-state index in [9.17, 15) is 19.2 Å². The number of hydrogen-bond acceptors (Lipinski definition) is 8. The van der Waals surface area contributed by atoms with Crippen LogP contribution in [0.5, 0.6) is 0 Å². The van der Waals surface area contributed by atoms with Crippen molar-refractivity contribution in [3.05, 3.63) is 46.6 Å². The van der Waals surface area contributed by atoms with Gasteiger partial charge in [0.15, 0.2) is 0 Å². The summed E-state index contributed by atoms with van der Waals surface area (Å²) in [5.41, 5.74) is 3.32. The third kappa shape index (κ3) is 26.8. The van der Waals surface area contributed by atoms with Crippen molar-refractivity contribution in [1.82, 2.24) is 0 Å². The van der Waals surface area contributed by atoms with Crippen molar-refractivity contribution >= 4 is 43.9 Å². The molecule has 0 saturated carbocycles. The van der Waals surface area contributed by atoms with Gasteiger partial charge in [0.2, 0.25) is 0 Å². The van der Waals surface area contributed by atoms with Gasteiger partial charge in [0.1, 0.15) is 0 Å². The van der Waals surface area contributed by atoms with Crippen molar-refractivity contribution in [3.8, 4) is 0 Å². The fraction of sp³-hybridized carbons (Fsp3) is 0.769. The molecule has 0 saturated heterocycles. The molecular weight excluding hydrogens is 871 g/mol. The number of hydrogen-bond donors (Lipinski definition) is 0. The van der Waals surface area contributed by atoms with Crippen molar-refractivity contribution in [3.63, 3.8) is 0 Å². The molecule has 0 spiro atoms. The molecule has 0 atom stereocenters. The second kappa shape index (κ2) is 36.0. The predicted octanol–water partition coefficient (Wildman–Crippen LogP) is 15.4. The van der Waals surface area contributed by atoms with Crippen molar-refractivity contribution in [2.75, 3.05) is 0 Å². The van der Waals surface area contributed by atoms with E-state index in [1.165, 1.54) is 24.3 Å². The molecule has 0 rings (SSSR count). The van der Waals surface area contributed by atoms with Crippen LogP contribution in [0.3, 0.4) is 0 Å². The molecule has 9 heteroatoms. The molecular formula is C52H92O8Sn. The molecule has 0 bridgehead atoms. The number of unbranched alkanes of at least 4 members (excludes halogenated alkanes) is 8. The number of carbonyl (C=O) groups is 4. The monoisotopic (exact) mass is 965 g/mol. The molecule has 0 aliphatic carbocycles. The Hall–Kier alpha value is -2.36. The van der Waals surface area contributed by atoms with Gasteiger partial charge in [0.25, 0.3) is 0 Å². The van der Waals surface area contributed by atoms with Gasteiger partial charge in [-0.05, 0) is 0 Å². The van der Waals surface area contributed by atoms with E-state index in [2.05, 4.69) is 55.4 Å². The van der Waals surface area contributed by atoms with E-state index >= 15 is 0 Å². The first kappa shape index (κ1) is 58.6. The van der Waals surface area contributed by atoms with E-state index in [4.69, 9.17) is 12.3 Å².